The lowest BCUT2D eigenvalue weighted by Crippen LogP contribution is -2.18. The van der Waals surface area contributed by atoms with Crippen LogP contribution in [0.1, 0.15) is 28.8 Å². The molecule has 3 rings (SSSR count). The van der Waals surface area contributed by atoms with Gasteiger partial charge in [0.1, 0.15) is 0 Å². The Kier molecular flexibility index (Phi) is 4.48. The Bertz CT molecular complexity index is 797. The van der Waals surface area contributed by atoms with Crippen LogP contribution in [0.4, 0.5) is 24.5 Å². The molecule has 0 spiro atoms. The van der Waals surface area contributed by atoms with E-state index >= 15 is 0 Å². The standard InChI is InChI=1S/C18H15F3N2O2/c19-18(20,21)15-4-2-1-3-14(15)17(25)23-13-9-7-12(8-10-13)22-16(24)11-5-6-11/h1-4,7-11H,5-6H2,(H,22,24)(H,23,25). The fourth-order valence-electron chi connectivity index (χ4n) is 2.35. The summed E-state index contributed by atoms with van der Waals surface area (Å²) in [6, 6.07) is 10.8. The third-order valence-corrected chi connectivity index (χ3v) is 3.84. The largest absolute Gasteiger partial charge is 0.417 e. The summed E-state index contributed by atoms with van der Waals surface area (Å²) in [5.74, 6) is -0.822. The molecule has 0 unspecified atom stereocenters. The Morgan fingerprint density at radius 3 is 2.00 bits per heavy atom. The maximum atomic E-state index is 13.0. The van der Waals surface area contributed by atoms with E-state index in [9.17, 15) is 22.8 Å². The summed E-state index contributed by atoms with van der Waals surface area (Å²) >= 11 is 0. The molecular formula is C18H15F3N2O2. The normalized spacial score (nSPS) is 14.0. The molecule has 0 saturated heterocycles. The zero-order valence-electron chi connectivity index (χ0n) is 13.1. The lowest BCUT2D eigenvalue weighted by atomic mass is 10.1. The van der Waals surface area contributed by atoms with Crippen molar-refractivity contribution < 1.29 is 22.8 Å². The van der Waals surface area contributed by atoms with E-state index < -0.39 is 23.2 Å². The van der Waals surface area contributed by atoms with Gasteiger partial charge < -0.3 is 10.6 Å². The second kappa shape index (κ2) is 6.58. The molecule has 0 aliphatic heterocycles. The molecule has 1 saturated carbocycles. The summed E-state index contributed by atoms with van der Waals surface area (Å²) in [6.45, 7) is 0. The van der Waals surface area contributed by atoms with Crippen LogP contribution in [0.5, 0.6) is 0 Å². The Morgan fingerprint density at radius 1 is 0.880 bits per heavy atom. The Balaban J connectivity index is 1.70. The van der Waals surface area contributed by atoms with Crippen LogP contribution in [0.15, 0.2) is 48.5 Å². The van der Waals surface area contributed by atoms with Crippen molar-refractivity contribution in [3.8, 4) is 0 Å². The molecule has 2 amide bonds. The van der Waals surface area contributed by atoms with Crippen LogP contribution < -0.4 is 10.6 Å². The highest BCUT2D eigenvalue weighted by molar-refractivity contribution is 6.05. The van der Waals surface area contributed by atoms with Gasteiger partial charge in [-0.05, 0) is 49.2 Å². The second-order valence-electron chi connectivity index (χ2n) is 5.84. The molecule has 1 aliphatic rings. The van der Waals surface area contributed by atoms with Gasteiger partial charge in [-0.25, -0.2) is 0 Å². The Hall–Kier alpha value is -2.83. The fraction of sp³-hybridized carbons (Fsp3) is 0.222. The molecule has 0 bridgehead atoms. The maximum absolute atomic E-state index is 13.0. The molecule has 25 heavy (non-hydrogen) atoms. The van der Waals surface area contributed by atoms with Crippen molar-refractivity contribution in [2.45, 2.75) is 19.0 Å². The molecule has 130 valence electrons. The van der Waals surface area contributed by atoms with E-state index in [1.807, 2.05) is 0 Å². The van der Waals surface area contributed by atoms with Crippen molar-refractivity contribution in [3.05, 3.63) is 59.7 Å². The van der Waals surface area contributed by atoms with Crippen LogP contribution in [-0.4, -0.2) is 11.8 Å². The number of hydrogen-bond acceptors (Lipinski definition) is 2. The average molecular weight is 348 g/mol. The number of alkyl halides is 3. The molecule has 2 aromatic rings. The van der Waals surface area contributed by atoms with Crippen LogP contribution in [0.3, 0.4) is 0 Å². The van der Waals surface area contributed by atoms with Gasteiger partial charge >= 0.3 is 6.18 Å². The first-order valence-corrected chi connectivity index (χ1v) is 7.73. The quantitative estimate of drug-likeness (QED) is 0.865. The highest BCUT2D eigenvalue weighted by Gasteiger charge is 2.34. The van der Waals surface area contributed by atoms with Crippen LogP contribution >= 0.6 is 0 Å². The molecule has 1 fully saturated rings. The predicted octanol–water partition coefficient (Wildman–Crippen LogP) is 4.31. The number of hydrogen-bond donors (Lipinski definition) is 2. The number of anilines is 2. The monoisotopic (exact) mass is 348 g/mol. The summed E-state index contributed by atoms with van der Waals surface area (Å²) in [5.41, 5.74) is -0.515. The maximum Gasteiger partial charge on any atom is 0.417 e. The van der Waals surface area contributed by atoms with E-state index in [-0.39, 0.29) is 11.8 Å². The second-order valence-corrected chi connectivity index (χ2v) is 5.84. The van der Waals surface area contributed by atoms with E-state index in [4.69, 9.17) is 0 Å². The van der Waals surface area contributed by atoms with Crippen molar-refractivity contribution in [1.29, 1.82) is 0 Å². The lowest BCUT2D eigenvalue weighted by molar-refractivity contribution is -0.137. The van der Waals surface area contributed by atoms with Crippen LogP contribution in [0, 0.1) is 5.92 Å². The molecule has 0 atom stereocenters. The molecule has 0 aromatic heterocycles. The highest BCUT2D eigenvalue weighted by Crippen LogP contribution is 2.32. The smallest absolute Gasteiger partial charge is 0.326 e. The molecule has 0 radical (unpaired) electrons. The first-order chi connectivity index (χ1) is 11.8. The van der Waals surface area contributed by atoms with Crippen molar-refractivity contribution in [3.63, 3.8) is 0 Å². The first-order valence-electron chi connectivity index (χ1n) is 7.73. The zero-order chi connectivity index (χ0) is 18.0. The van der Waals surface area contributed by atoms with Crippen LogP contribution in [0.25, 0.3) is 0 Å². The minimum Gasteiger partial charge on any atom is -0.326 e. The third kappa shape index (κ3) is 4.17. The predicted molar refractivity (Wildman–Crippen MR) is 87.2 cm³/mol. The van der Waals surface area contributed by atoms with E-state index in [0.717, 1.165) is 25.0 Å². The highest BCUT2D eigenvalue weighted by atomic mass is 19.4. The number of benzene rings is 2. The topological polar surface area (TPSA) is 58.2 Å². The van der Waals surface area contributed by atoms with Gasteiger partial charge in [0.05, 0.1) is 11.1 Å². The minimum atomic E-state index is -4.61. The number of nitrogens with one attached hydrogen (secondary N) is 2. The molecule has 2 N–H and O–H groups in total. The van der Waals surface area contributed by atoms with Gasteiger partial charge in [-0.3, -0.25) is 9.59 Å². The Morgan fingerprint density at radius 2 is 1.44 bits per heavy atom. The van der Waals surface area contributed by atoms with E-state index in [1.54, 1.807) is 12.1 Å². The molecule has 7 heteroatoms. The SMILES string of the molecule is O=C(Nc1ccc(NC(=O)C2CC2)cc1)c1ccccc1C(F)(F)F. The summed E-state index contributed by atoms with van der Waals surface area (Å²) in [4.78, 5) is 23.8. The van der Waals surface area contributed by atoms with Gasteiger partial charge in [0, 0.05) is 17.3 Å². The number of rotatable bonds is 4. The van der Waals surface area contributed by atoms with Gasteiger partial charge in [-0.1, -0.05) is 12.1 Å². The van der Waals surface area contributed by atoms with Crippen molar-refractivity contribution >= 4 is 23.2 Å². The zero-order valence-corrected chi connectivity index (χ0v) is 13.1. The van der Waals surface area contributed by atoms with E-state index in [2.05, 4.69) is 10.6 Å². The lowest BCUT2D eigenvalue weighted by Gasteiger charge is -2.13. The molecule has 0 heterocycles. The summed E-state index contributed by atoms with van der Waals surface area (Å²) < 4.78 is 38.9. The van der Waals surface area contributed by atoms with Gasteiger partial charge in [0.15, 0.2) is 0 Å². The number of amides is 2. The summed E-state index contributed by atoms with van der Waals surface area (Å²) in [6.07, 6.45) is -2.83. The number of carbonyl (C=O) groups excluding carboxylic acids is 2. The molecule has 2 aromatic carbocycles. The fourth-order valence-corrected chi connectivity index (χ4v) is 2.35. The third-order valence-electron chi connectivity index (χ3n) is 3.84. The number of carbonyl (C=O) groups is 2. The van der Waals surface area contributed by atoms with Gasteiger partial charge in [0.2, 0.25) is 5.91 Å². The van der Waals surface area contributed by atoms with Crippen molar-refractivity contribution in [1.82, 2.24) is 0 Å². The van der Waals surface area contributed by atoms with Crippen molar-refractivity contribution in [2.75, 3.05) is 10.6 Å². The van der Waals surface area contributed by atoms with Crippen LogP contribution in [-0.2, 0) is 11.0 Å². The molecular weight excluding hydrogens is 333 g/mol. The molecule has 4 nitrogen and oxygen atoms in total. The summed E-state index contributed by atoms with van der Waals surface area (Å²) in [5, 5.41) is 5.18. The van der Waals surface area contributed by atoms with E-state index in [1.165, 1.54) is 24.3 Å². The van der Waals surface area contributed by atoms with Gasteiger partial charge in [0.25, 0.3) is 5.91 Å². The summed E-state index contributed by atoms with van der Waals surface area (Å²) in [7, 11) is 0. The van der Waals surface area contributed by atoms with Crippen LogP contribution in [0.2, 0.25) is 0 Å². The Labute approximate surface area is 142 Å². The van der Waals surface area contributed by atoms with Gasteiger partial charge in [-0.2, -0.15) is 13.2 Å². The average Bonchev–Trinajstić information content (AvgIpc) is 3.41. The molecule has 1 aliphatic carbocycles. The van der Waals surface area contributed by atoms with Gasteiger partial charge in [-0.15, -0.1) is 0 Å². The minimum absolute atomic E-state index is 0.0455. The van der Waals surface area contributed by atoms with Crippen molar-refractivity contribution in [2.24, 2.45) is 5.92 Å². The van der Waals surface area contributed by atoms with E-state index in [0.29, 0.717) is 11.4 Å². The first kappa shape index (κ1) is 17.0. The number of halogens is 3.